The number of anilines is 3. The molecule has 174 valence electrons. The monoisotopic (exact) mass is 487 g/mol. The summed E-state index contributed by atoms with van der Waals surface area (Å²) in [5.41, 5.74) is 5.82. The maximum absolute atomic E-state index is 13.1. The van der Waals surface area contributed by atoms with Crippen LogP contribution in [0.5, 0.6) is 0 Å². The molecule has 0 aliphatic heterocycles. The minimum absolute atomic E-state index is 0.00802. The van der Waals surface area contributed by atoms with E-state index in [9.17, 15) is 14.4 Å². The standard InChI is InChI=1S/C21H25N7O3S2/c1-2-10-27(15(29)12-32-21-26-25-19(33-21)23-14-8-9-14)16-17(22)28(20(31)24-18(16)30)11-13-6-4-3-5-7-13/h3-7,14H,2,8-12,22H2,1H3,(H,23,25)(H,24,30,31). The number of nitrogens with zero attached hydrogens (tertiary/aromatic N) is 4. The van der Waals surface area contributed by atoms with E-state index in [-0.39, 0.29) is 29.7 Å². The van der Waals surface area contributed by atoms with Gasteiger partial charge in [-0.05, 0) is 24.8 Å². The zero-order valence-corrected chi connectivity index (χ0v) is 19.7. The molecular formula is C21H25N7O3S2. The van der Waals surface area contributed by atoms with E-state index in [4.69, 9.17) is 5.73 Å². The molecule has 1 aliphatic carbocycles. The number of nitrogen functional groups attached to an aromatic ring is 1. The molecule has 2 heterocycles. The van der Waals surface area contributed by atoms with Gasteiger partial charge in [-0.15, -0.1) is 10.2 Å². The summed E-state index contributed by atoms with van der Waals surface area (Å²) in [4.78, 5) is 41.9. The smallest absolute Gasteiger partial charge is 0.330 e. The van der Waals surface area contributed by atoms with E-state index in [0.717, 1.165) is 23.5 Å². The Morgan fingerprint density at radius 1 is 1.30 bits per heavy atom. The second-order valence-corrected chi connectivity index (χ2v) is 9.89. The van der Waals surface area contributed by atoms with E-state index in [0.29, 0.717) is 23.3 Å². The van der Waals surface area contributed by atoms with E-state index in [2.05, 4.69) is 20.5 Å². The number of rotatable bonds is 10. The fraction of sp³-hybridized carbons (Fsp3) is 0.381. The summed E-state index contributed by atoms with van der Waals surface area (Å²) in [5, 5.41) is 12.2. The van der Waals surface area contributed by atoms with Gasteiger partial charge in [-0.2, -0.15) is 0 Å². The van der Waals surface area contributed by atoms with Crippen LogP contribution in [-0.2, 0) is 11.3 Å². The van der Waals surface area contributed by atoms with Crippen LogP contribution in [0.15, 0.2) is 44.3 Å². The van der Waals surface area contributed by atoms with Crippen molar-refractivity contribution < 1.29 is 4.79 Å². The highest BCUT2D eigenvalue weighted by molar-refractivity contribution is 8.01. The van der Waals surface area contributed by atoms with Gasteiger partial charge in [0.25, 0.3) is 5.56 Å². The number of carbonyl (C=O) groups excluding carboxylic acids is 1. The number of H-pyrrole nitrogens is 1. The highest BCUT2D eigenvalue weighted by atomic mass is 32.2. The number of thioether (sulfide) groups is 1. The Morgan fingerprint density at radius 3 is 2.76 bits per heavy atom. The maximum atomic E-state index is 13.1. The number of aromatic amines is 1. The lowest BCUT2D eigenvalue weighted by Gasteiger charge is -2.24. The molecule has 1 aromatic carbocycles. The third kappa shape index (κ3) is 5.63. The minimum Gasteiger partial charge on any atom is -0.383 e. The summed E-state index contributed by atoms with van der Waals surface area (Å²) in [6.45, 7) is 2.37. The van der Waals surface area contributed by atoms with E-state index < -0.39 is 11.2 Å². The van der Waals surface area contributed by atoms with Gasteiger partial charge >= 0.3 is 5.69 Å². The first-order valence-corrected chi connectivity index (χ1v) is 12.5. The summed E-state index contributed by atoms with van der Waals surface area (Å²) >= 11 is 2.66. The number of nitrogens with two attached hydrogens (primary N) is 1. The molecule has 0 atom stereocenters. The van der Waals surface area contributed by atoms with Crippen LogP contribution in [0.2, 0.25) is 0 Å². The lowest BCUT2D eigenvalue weighted by molar-refractivity contribution is -0.116. The molecule has 4 rings (SSSR count). The van der Waals surface area contributed by atoms with Crippen molar-refractivity contribution in [2.24, 2.45) is 0 Å². The van der Waals surface area contributed by atoms with Crippen molar-refractivity contribution >= 4 is 45.6 Å². The van der Waals surface area contributed by atoms with E-state index >= 15 is 0 Å². The Bertz CT molecular complexity index is 1230. The van der Waals surface area contributed by atoms with Crippen LogP contribution in [0.1, 0.15) is 31.7 Å². The number of benzene rings is 1. The molecule has 33 heavy (non-hydrogen) atoms. The quantitative estimate of drug-likeness (QED) is 0.370. The molecule has 10 nitrogen and oxygen atoms in total. The summed E-state index contributed by atoms with van der Waals surface area (Å²) in [7, 11) is 0. The number of aromatic nitrogens is 4. The van der Waals surface area contributed by atoms with Crippen molar-refractivity contribution in [3.05, 3.63) is 56.7 Å². The highest BCUT2D eigenvalue weighted by Crippen LogP contribution is 2.30. The summed E-state index contributed by atoms with van der Waals surface area (Å²) < 4.78 is 1.94. The predicted octanol–water partition coefficient (Wildman–Crippen LogP) is 2.13. The van der Waals surface area contributed by atoms with Crippen molar-refractivity contribution in [2.45, 2.75) is 43.1 Å². The van der Waals surface area contributed by atoms with E-state index in [1.165, 1.54) is 32.6 Å². The average molecular weight is 488 g/mol. The fourth-order valence-electron chi connectivity index (χ4n) is 3.28. The molecule has 4 N–H and O–H groups in total. The first-order chi connectivity index (χ1) is 16.0. The van der Waals surface area contributed by atoms with Gasteiger partial charge in [-0.1, -0.05) is 60.4 Å². The number of nitrogens with one attached hydrogen (secondary N) is 2. The number of amides is 1. The molecule has 0 unspecified atom stereocenters. The Kier molecular flexibility index (Phi) is 7.14. The predicted molar refractivity (Wildman–Crippen MR) is 131 cm³/mol. The Hall–Kier alpha value is -3.12. The van der Waals surface area contributed by atoms with Gasteiger partial charge in [0.15, 0.2) is 10.0 Å². The van der Waals surface area contributed by atoms with Gasteiger partial charge in [0, 0.05) is 12.6 Å². The molecule has 1 saturated carbocycles. The zero-order valence-electron chi connectivity index (χ0n) is 18.1. The van der Waals surface area contributed by atoms with Crippen LogP contribution >= 0.6 is 23.1 Å². The van der Waals surface area contributed by atoms with Crippen molar-refractivity contribution in [3.8, 4) is 0 Å². The molecule has 12 heteroatoms. The largest absolute Gasteiger partial charge is 0.383 e. The average Bonchev–Trinajstić information content (AvgIpc) is 3.50. The first kappa shape index (κ1) is 23.1. The van der Waals surface area contributed by atoms with Crippen LogP contribution in [0.25, 0.3) is 0 Å². The summed E-state index contributed by atoms with van der Waals surface area (Å²) in [6.07, 6.45) is 2.88. The Balaban J connectivity index is 1.55. The summed E-state index contributed by atoms with van der Waals surface area (Å²) in [5.74, 6) is -0.267. The molecule has 1 amide bonds. The van der Waals surface area contributed by atoms with Crippen molar-refractivity contribution in [2.75, 3.05) is 28.2 Å². The maximum Gasteiger partial charge on any atom is 0.330 e. The van der Waals surface area contributed by atoms with Gasteiger partial charge < -0.3 is 16.0 Å². The molecule has 1 aliphatic rings. The Morgan fingerprint density at radius 2 is 2.06 bits per heavy atom. The molecule has 1 fully saturated rings. The SMILES string of the molecule is CCCN(C(=O)CSc1nnc(NC2CC2)s1)c1c(N)n(Cc2ccccc2)c(=O)[nH]c1=O. The van der Waals surface area contributed by atoms with Crippen LogP contribution < -0.4 is 27.2 Å². The normalized spacial score (nSPS) is 13.1. The topological polar surface area (TPSA) is 139 Å². The van der Waals surface area contributed by atoms with Crippen molar-refractivity contribution in [1.82, 2.24) is 19.7 Å². The van der Waals surface area contributed by atoms with Crippen molar-refractivity contribution in [3.63, 3.8) is 0 Å². The number of hydrogen-bond acceptors (Lipinski definition) is 9. The highest BCUT2D eigenvalue weighted by Gasteiger charge is 2.25. The van der Waals surface area contributed by atoms with Gasteiger partial charge in [0.05, 0.1) is 12.3 Å². The number of carbonyl (C=O) groups is 1. The van der Waals surface area contributed by atoms with Crippen LogP contribution in [0, 0.1) is 0 Å². The summed E-state index contributed by atoms with van der Waals surface area (Å²) in [6, 6.07) is 9.76. The van der Waals surface area contributed by atoms with Crippen LogP contribution in [0.4, 0.5) is 16.6 Å². The van der Waals surface area contributed by atoms with Gasteiger partial charge in [-0.25, -0.2) is 4.79 Å². The number of hydrogen-bond donors (Lipinski definition) is 3. The molecule has 0 saturated heterocycles. The second kappa shape index (κ2) is 10.2. The van der Waals surface area contributed by atoms with Crippen molar-refractivity contribution in [1.29, 1.82) is 0 Å². The van der Waals surface area contributed by atoms with E-state index in [1.54, 1.807) is 0 Å². The second-order valence-electron chi connectivity index (χ2n) is 7.69. The van der Waals surface area contributed by atoms with Crippen LogP contribution in [-0.4, -0.2) is 44.0 Å². The first-order valence-electron chi connectivity index (χ1n) is 10.7. The molecule has 0 spiro atoms. The minimum atomic E-state index is -0.680. The van der Waals surface area contributed by atoms with Gasteiger partial charge in [0.1, 0.15) is 5.82 Å². The molecule has 2 aromatic heterocycles. The van der Waals surface area contributed by atoms with Gasteiger partial charge in [0.2, 0.25) is 11.0 Å². The molecule has 0 bridgehead atoms. The third-order valence-corrected chi connectivity index (χ3v) is 7.02. The van der Waals surface area contributed by atoms with Crippen LogP contribution in [0.3, 0.4) is 0 Å². The lowest BCUT2D eigenvalue weighted by atomic mass is 10.2. The molecule has 0 radical (unpaired) electrons. The van der Waals surface area contributed by atoms with Gasteiger partial charge in [-0.3, -0.25) is 19.1 Å². The third-order valence-electron chi connectivity index (χ3n) is 5.05. The zero-order chi connectivity index (χ0) is 23.4. The van der Waals surface area contributed by atoms with E-state index in [1.807, 2.05) is 37.3 Å². The molecule has 3 aromatic rings. The Labute approximate surface area is 198 Å². The lowest BCUT2D eigenvalue weighted by Crippen LogP contribution is -2.42. The fourth-order valence-corrected chi connectivity index (χ4v) is 4.98. The molecular weight excluding hydrogens is 462 g/mol.